The van der Waals surface area contributed by atoms with Crippen LogP contribution in [0.25, 0.3) is 0 Å². The summed E-state index contributed by atoms with van der Waals surface area (Å²) < 4.78 is 47.6. The van der Waals surface area contributed by atoms with Crippen LogP contribution < -0.4 is 15.4 Å². The average Bonchev–Trinajstić information content (AvgIpc) is 3.38. The van der Waals surface area contributed by atoms with Crippen LogP contribution in [0.2, 0.25) is 0 Å². The number of rotatable bonds is 0. The fourth-order valence-electron chi connectivity index (χ4n) is 3.95. The van der Waals surface area contributed by atoms with Gasteiger partial charge >= 0.3 is 6.09 Å². The molecule has 1 aliphatic carbocycles. The van der Waals surface area contributed by atoms with Crippen molar-refractivity contribution in [2.45, 2.75) is 36.2 Å². The Bertz CT molecular complexity index is 1080. The first-order valence-corrected chi connectivity index (χ1v) is 12.0. The zero-order chi connectivity index (χ0) is 22.7. The molecule has 0 spiro atoms. The van der Waals surface area contributed by atoms with E-state index in [1.807, 2.05) is 11.9 Å². The van der Waals surface area contributed by atoms with Gasteiger partial charge in [-0.15, -0.1) is 0 Å². The predicted octanol–water partition coefficient (Wildman–Crippen LogP) is 1.88. The average molecular weight is 467 g/mol. The topological polar surface area (TPSA) is 128 Å². The SMILES string of the molecule is CN1CCNC(=O)O[C@@H]2CC[C@@H](C2)c2cc(n[nH]2)Nc2ccc(cc2F)S(=O)(=O)NCC1. The van der Waals surface area contributed by atoms with Crippen molar-refractivity contribution in [2.75, 3.05) is 38.5 Å². The molecule has 2 aromatic rings. The van der Waals surface area contributed by atoms with Crippen LogP contribution in [0.1, 0.15) is 30.9 Å². The summed E-state index contributed by atoms with van der Waals surface area (Å²) in [6.07, 6.45) is 1.65. The van der Waals surface area contributed by atoms with E-state index >= 15 is 0 Å². The summed E-state index contributed by atoms with van der Waals surface area (Å²) in [7, 11) is -2.04. The second kappa shape index (κ2) is 9.43. The van der Waals surface area contributed by atoms with E-state index in [4.69, 9.17) is 4.74 Å². The zero-order valence-corrected chi connectivity index (χ0v) is 18.5. The molecule has 1 aromatic heterocycles. The van der Waals surface area contributed by atoms with Gasteiger partial charge in [0.25, 0.3) is 0 Å². The number of carbonyl (C=O) groups is 1. The van der Waals surface area contributed by atoms with Gasteiger partial charge in [-0.2, -0.15) is 5.10 Å². The van der Waals surface area contributed by atoms with Gasteiger partial charge in [0.05, 0.1) is 10.6 Å². The Hall–Kier alpha value is -2.70. The standard InChI is InChI=1S/C20H27FN6O4S/c1-27-8-6-22-20(28)31-14-3-2-13(10-14)18-12-19(26-25-18)24-17-5-4-15(11-16(17)21)32(29,30)23-7-9-27/h4-5,11-14,23H,2-3,6-10H2,1H3,(H,22,28)(H2,24,25,26)/t13-,14+/m0/s1. The highest BCUT2D eigenvalue weighted by Gasteiger charge is 2.30. The minimum atomic E-state index is -3.86. The van der Waals surface area contributed by atoms with Gasteiger partial charge in [0.2, 0.25) is 10.0 Å². The molecular weight excluding hydrogens is 439 g/mol. The summed E-state index contributed by atoms with van der Waals surface area (Å²) in [5, 5.41) is 12.8. The number of halogens is 1. The van der Waals surface area contributed by atoms with Crippen molar-refractivity contribution in [2.24, 2.45) is 0 Å². The molecule has 0 saturated heterocycles. The minimum Gasteiger partial charge on any atom is -0.446 e. The highest BCUT2D eigenvalue weighted by molar-refractivity contribution is 7.89. The van der Waals surface area contributed by atoms with Gasteiger partial charge < -0.3 is 20.3 Å². The number of aromatic nitrogens is 2. The van der Waals surface area contributed by atoms with Crippen LogP contribution >= 0.6 is 0 Å². The quantitative estimate of drug-likeness (QED) is 0.437. The molecule has 2 aliphatic heterocycles. The Morgan fingerprint density at radius 2 is 2.00 bits per heavy atom. The van der Waals surface area contributed by atoms with E-state index in [0.717, 1.165) is 24.6 Å². The number of carbonyl (C=O) groups excluding carboxylic acids is 1. The fourth-order valence-corrected chi connectivity index (χ4v) is 4.98. The second-order valence-corrected chi connectivity index (χ2v) is 9.91. The van der Waals surface area contributed by atoms with Crippen molar-refractivity contribution in [1.29, 1.82) is 0 Å². The summed E-state index contributed by atoms with van der Waals surface area (Å²) in [5.74, 6) is -0.123. The van der Waals surface area contributed by atoms with Gasteiger partial charge in [-0.3, -0.25) is 5.10 Å². The Balaban J connectivity index is 1.55. The normalized spacial score (nSPS) is 24.8. The molecule has 1 saturated carbocycles. The third-order valence-electron chi connectivity index (χ3n) is 5.76. The van der Waals surface area contributed by atoms with Crippen molar-refractivity contribution in [3.63, 3.8) is 0 Å². The number of aromatic amines is 1. The molecule has 10 nitrogen and oxygen atoms in total. The van der Waals surface area contributed by atoms with Crippen LogP contribution in [0.15, 0.2) is 29.2 Å². The molecular formula is C20H27FN6O4S. The molecule has 12 heteroatoms. The lowest BCUT2D eigenvalue weighted by molar-refractivity contribution is 0.0995. The van der Waals surface area contributed by atoms with E-state index in [0.29, 0.717) is 31.9 Å². The Kier molecular flexibility index (Phi) is 6.63. The van der Waals surface area contributed by atoms with Crippen molar-refractivity contribution < 1.29 is 22.3 Å². The summed E-state index contributed by atoms with van der Waals surface area (Å²) >= 11 is 0. The molecule has 0 unspecified atom stereocenters. The first-order chi connectivity index (χ1) is 15.3. The van der Waals surface area contributed by atoms with Gasteiger partial charge in [0.15, 0.2) is 5.82 Å². The molecule has 5 rings (SSSR count). The molecule has 1 amide bonds. The summed E-state index contributed by atoms with van der Waals surface area (Å²) in [4.78, 5) is 13.8. The Labute approximate surface area is 185 Å². The lowest BCUT2D eigenvalue weighted by Crippen LogP contribution is -2.38. The molecule has 32 heavy (non-hydrogen) atoms. The van der Waals surface area contributed by atoms with Crippen LogP contribution in [-0.2, 0) is 14.8 Å². The number of benzene rings is 1. The van der Waals surface area contributed by atoms with Crippen molar-refractivity contribution in [3.05, 3.63) is 35.8 Å². The van der Waals surface area contributed by atoms with Crippen LogP contribution in [0.3, 0.4) is 0 Å². The highest BCUT2D eigenvalue weighted by Crippen LogP contribution is 2.36. The molecule has 3 heterocycles. The van der Waals surface area contributed by atoms with Crippen molar-refractivity contribution in [3.8, 4) is 0 Å². The lowest BCUT2D eigenvalue weighted by atomic mass is 10.0. The molecule has 3 aliphatic rings. The van der Waals surface area contributed by atoms with Gasteiger partial charge in [0, 0.05) is 43.9 Å². The zero-order valence-electron chi connectivity index (χ0n) is 17.7. The van der Waals surface area contributed by atoms with Crippen LogP contribution in [0.5, 0.6) is 0 Å². The minimum absolute atomic E-state index is 0.122. The molecule has 1 aromatic carbocycles. The number of H-pyrrole nitrogens is 1. The number of anilines is 2. The number of fused-ring (bicyclic) bond motifs is 11. The summed E-state index contributed by atoms with van der Waals surface area (Å²) in [6.45, 7) is 1.46. The monoisotopic (exact) mass is 466 g/mol. The highest BCUT2D eigenvalue weighted by atomic mass is 32.2. The number of sulfonamides is 1. The molecule has 6 bridgehead atoms. The number of ether oxygens (including phenoxy) is 1. The van der Waals surface area contributed by atoms with Crippen LogP contribution in [0.4, 0.5) is 20.7 Å². The number of hydrogen-bond donors (Lipinski definition) is 4. The lowest BCUT2D eigenvalue weighted by Gasteiger charge is -2.18. The van der Waals surface area contributed by atoms with E-state index in [1.165, 1.54) is 12.1 Å². The van der Waals surface area contributed by atoms with E-state index in [9.17, 15) is 17.6 Å². The molecule has 0 radical (unpaired) electrons. The number of alkyl carbamates (subject to hydrolysis) is 1. The Morgan fingerprint density at radius 1 is 1.19 bits per heavy atom. The number of amides is 1. The molecule has 4 N–H and O–H groups in total. The van der Waals surface area contributed by atoms with E-state index in [1.54, 1.807) is 6.07 Å². The van der Waals surface area contributed by atoms with Crippen LogP contribution in [-0.4, -0.2) is 68.9 Å². The van der Waals surface area contributed by atoms with E-state index in [2.05, 4.69) is 25.6 Å². The number of likely N-dealkylation sites (N-methyl/N-ethyl adjacent to an activating group) is 1. The van der Waals surface area contributed by atoms with Crippen molar-refractivity contribution in [1.82, 2.24) is 25.1 Å². The molecule has 2 atom stereocenters. The number of hydrogen-bond acceptors (Lipinski definition) is 7. The van der Waals surface area contributed by atoms with E-state index < -0.39 is 21.9 Å². The second-order valence-electron chi connectivity index (χ2n) is 8.14. The summed E-state index contributed by atoms with van der Waals surface area (Å²) in [6, 6.07) is 5.50. The summed E-state index contributed by atoms with van der Waals surface area (Å²) in [5.41, 5.74) is 0.993. The predicted molar refractivity (Wildman–Crippen MR) is 116 cm³/mol. The molecule has 1 fully saturated rings. The maximum atomic E-state index is 14.6. The van der Waals surface area contributed by atoms with E-state index in [-0.39, 0.29) is 29.1 Å². The first-order valence-electron chi connectivity index (χ1n) is 10.5. The number of nitrogens with zero attached hydrogens (tertiary/aromatic N) is 2. The smallest absolute Gasteiger partial charge is 0.407 e. The fraction of sp³-hybridized carbons (Fsp3) is 0.500. The third-order valence-corrected chi connectivity index (χ3v) is 7.22. The van der Waals surface area contributed by atoms with Crippen LogP contribution in [0, 0.1) is 5.82 Å². The maximum absolute atomic E-state index is 14.6. The first kappa shape index (κ1) is 22.5. The van der Waals surface area contributed by atoms with Gasteiger partial charge in [-0.05, 0) is 44.5 Å². The molecule has 174 valence electrons. The van der Waals surface area contributed by atoms with Crippen molar-refractivity contribution >= 4 is 27.6 Å². The maximum Gasteiger partial charge on any atom is 0.407 e. The largest absolute Gasteiger partial charge is 0.446 e. The van der Waals surface area contributed by atoms with Gasteiger partial charge in [-0.25, -0.2) is 22.3 Å². The third kappa shape index (κ3) is 5.37. The number of nitrogens with one attached hydrogen (secondary N) is 4. The van der Waals surface area contributed by atoms with Gasteiger partial charge in [0.1, 0.15) is 11.9 Å². The van der Waals surface area contributed by atoms with Gasteiger partial charge in [-0.1, -0.05) is 0 Å². The Morgan fingerprint density at radius 3 is 2.81 bits per heavy atom.